The van der Waals surface area contributed by atoms with Crippen LogP contribution in [0.2, 0.25) is 0 Å². The van der Waals surface area contributed by atoms with E-state index in [0.29, 0.717) is 16.9 Å². The number of amides is 2. The number of ether oxygens (including phenoxy) is 2. The molecule has 0 aliphatic heterocycles. The van der Waals surface area contributed by atoms with Crippen molar-refractivity contribution < 1.29 is 23.9 Å². The van der Waals surface area contributed by atoms with Crippen LogP contribution in [0.5, 0.6) is 5.75 Å². The maximum atomic E-state index is 12.3. The van der Waals surface area contributed by atoms with E-state index in [9.17, 15) is 14.4 Å². The van der Waals surface area contributed by atoms with Gasteiger partial charge in [0.05, 0.1) is 6.61 Å². The van der Waals surface area contributed by atoms with Crippen LogP contribution in [-0.4, -0.2) is 24.6 Å². The quantitative estimate of drug-likeness (QED) is 0.457. The Labute approximate surface area is 157 Å². The minimum atomic E-state index is -0.800. The lowest BCUT2D eigenvalue weighted by molar-refractivity contribution is -0.111. The topological polar surface area (TPSA) is 93.7 Å². The lowest BCUT2D eigenvalue weighted by atomic mass is 10.2. The zero-order valence-electron chi connectivity index (χ0n) is 15.0. The lowest BCUT2D eigenvalue weighted by Crippen LogP contribution is -2.13. The van der Waals surface area contributed by atoms with Crippen molar-refractivity contribution in [3.05, 3.63) is 66.2 Å². The average molecular weight is 368 g/mol. The normalized spacial score (nSPS) is 10.3. The predicted octanol–water partition coefficient (Wildman–Crippen LogP) is 3.99. The number of nitrogens with one attached hydrogen (secondary N) is 2. The molecule has 2 rings (SSSR count). The van der Waals surface area contributed by atoms with Crippen molar-refractivity contribution in [1.82, 2.24) is 0 Å². The highest BCUT2D eigenvalue weighted by Crippen LogP contribution is 2.18. The van der Waals surface area contributed by atoms with E-state index in [2.05, 4.69) is 15.4 Å². The van der Waals surface area contributed by atoms with Gasteiger partial charge in [0.1, 0.15) is 5.75 Å². The molecule has 0 bridgehead atoms. The minimum Gasteiger partial charge on any atom is -0.434 e. The van der Waals surface area contributed by atoms with Crippen molar-refractivity contribution in [2.45, 2.75) is 13.8 Å². The summed E-state index contributed by atoms with van der Waals surface area (Å²) < 4.78 is 9.62. The van der Waals surface area contributed by atoms with E-state index in [1.807, 2.05) is 0 Å². The van der Waals surface area contributed by atoms with Crippen LogP contribution in [0, 0.1) is 0 Å². The highest BCUT2D eigenvalue weighted by atomic mass is 16.7. The number of rotatable bonds is 6. The van der Waals surface area contributed by atoms with E-state index in [0.717, 1.165) is 0 Å². The van der Waals surface area contributed by atoms with Gasteiger partial charge in [0.2, 0.25) is 5.91 Å². The van der Waals surface area contributed by atoms with Crippen LogP contribution in [0.25, 0.3) is 0 Å². The summed E-state index contributed by atoms with van der Waals surface area (Å²) in [5.41, 5.74) is 1.48. The first-order valence-corrected chi connectivity index (χ1v) is 8.31. The summed E-state index contributed by atoms with van der Waals surface area (Å²) in [7, 11) is 0. The van der Waals surface area contributed by atoms with Gasteiger partial charge in [-0.2, -0.15) is 0 Å². The first kappa shape index (κ1) is 19.7. The van der Waals surface area contributed by atoms with Gasteiger partial charge in [0.15, 0.2) is 0 Å². The smallest absolute Gasteiger partial charge is 0.434 e. The highest BCUT2D eigenvalue weighted by Gasteiger charge is 2.09. The predicted molar refractivity (Wildman–Crippen MR) is 102 cm³/mol. The van der Waals surface area contributed by atoms with Crippen molar-refractivity contribution in [1.29, 1.82) is 0 Å². The van der Waals surface area contributed by atoms with E-state index in [1.165, 1.54) is 30.3 Å². The van der Waals surface area contributed by atoms with Gasteiger partial charge in [0, 0.05) is 16.9 Å². The fourth-order valence-electron chi connectivity index (χ4n) is 2.13. The molecule has 0 saturated carbocycles. The first-order valence-electron chi connectivity index (χ1n) is 8.31. The molecule has 0 saturated heterocycles. The molecule has 0 heterocycles. The standard InChI is InChI=1S/C20H20N2O5/c1-3-6-18(23)21-15-7-5-8-16(13-15)22-19(24)14-9-11-17(12-10-14)27-20(25)26-4-2/h3,5-13H,4H2,1-2H3,(H,21,23)(H,22,24)/b6-3+. The number of allylic oxidation sites excluding steroid dienone is 1. The molecular weight excluding hydrogens is 348 g/mol. The molecule has 0 fully saturated rings. The van der Waals surface area contributed by atoms with Crippen molar-refractivity contribution >= 4 is 29.3 Å². The Balaban J connectivity index is 2.00. The van der Waals surface area contributed by atoms with Crippen LogP contribution in [0.4, 0.5) is 16.2 Å². The van der Waals surface area contributed by atoms with Gasteiger partial charge < -0.3 is 20.1 Å². The maximum Gasteiger partial charge on any atom is 0.513 e. The van der Waals surface area contributed by atoms with Crippen molar-refractivity contribution in [2.75, 3.05) is 17.2 Å². The molecule has 0 spiro atoms. The van der Waals surface area contributed by atoms with E-state index < -0.39 is 6.16 Å². The molecule has 0 unspecified atom stereocenters. The SMILES string of the molecule is C/C=C/C(=O)Nc1cccc(NC(=O)c2ccc(OC(=O)OCC)cc2)c1. The summed E-state index contributed by atoms with van der Waals surface area (Å²) in [6.45, 7) is 3.64. The molecule has 2 N–H and O–H groups in total. The zero-order valence-corrected chi connectivity index (χ0v) is 15.0. The van der Waals surface area contributed by atoms with Gasteiger partial charge >= 0.3 is 6.16 Å². The van der Waals surface area contributed by atoms with Gasteiger partial charge in [0.25, 0.3) is 5.91 Å². The van der Waals surface area contributed by atoms with E-state index >= 15 is 0 Å². The van der Waals surface area contributed by atoms with Gasteiger partial charge in [-0.15, -0.1) is 0 Å². The summed E-state index contributed by atoms with van der Waals surface area (Å²) in [5.74, 6) is -0.313. The van der Waals surface area contributed by atoms with Crippen LogP contribution < -0.4 is 15.4 Å². The summed E-state index contributed by atoms with van der Waals surface area (Å²) in [6.07, 6.45) is 2.24. The fourth-order valence-corrected chi connectivity index (χ4v) is 2.13. The number of hydrogen-bond donors (Lipinski definition) is 2. The fraction of sp³-hybridized carbons (Fsp3) is 0.150. The number of benzene rings is 2. The van der Waals surface area contributed by atoms with Crippen LogP contribution in [0.3, 0.4) is 0 Å². The molecule has 7 heteroatoms. The lowest BCUT2D eigenvalue weighted by Gasteiger charge is -2.09. The second-order valence-corrected chi connectivity index (χ2v) is 5.33. The number of carbonyl (C=O) groups is 3. The number of anilines is 2. The first-order chi connectivity index (χ1) is 13.0. The summed E-state index contributed by atoms with van der Waals surface area (Å²) in [4.78, 5) is 35.2. The second-order valence-electron chi connectivity index (χ2n) is 5.33. The summed E-state index contributed by atoms with van der Waals surface area (Å²) in [6, 6.07) is 12.9. The molecule has 7 nitrogen and oxygen atoms in total. The third kappa shape index (κ3) is 6.32. The average Bonchev–Trinajstić information content (AvgIpc) is 2.63. The van der Waals surface area contributed by atoms with Crippen LogP contribution >= 0.6 is 0 Å². The van der Waals surface area contributed by atoms with E-state index in [-0.39, 0.29) is 24.2 Å². The molecule has 140 valence electrons. The molecule has 0 aromatic heterocycles. The largest absolute Gasteiger partial charge is 0.513 e. The Kier molecular flexibility index (Phi) is 7.13. The summed E-state index contributed by atoms with van der Waals surface area (Å²) in [5, 5.41) is 5.44. The maximum absolute atomic E-state index is 12.3. The molecule has 0 radical (unpaired) electrons. The van der Waals surface area contributed by atoms with E-state index in [1.54, 1.807) is 44.2 Å². The third-order valence-corrected chi connectivity index (χ3v) is 3.29. The second kappa shape index (κ2) is 9.76. The number of carbonyl (C=O) groups excluding carboxylic acids is 3. The monoisotopic (exact) mass is 368 g/mol. The molecule has 0 aliphatic carbocycles. The molecule has 27 heavy (non-hydrogen) atoms. The highest BCUT2D eigenvalue weighted by molar-refractivity contribution is 6.05. The molecule has 2 amide bonds. The molecular formula is C20H20N2O5. The van der Waals surface area contributed by atoms with E-state index in [4.69, 9.17) is 4.74 Å². The third-order valence-electron chi connectivity index (χ3n) is 3.29. The molecule has 0 atom stereocenters. The van der Waals surface area contributed by atoms with Crippen LogP contribution in [-0.2, 0) is 9.53 Å². The van der Waals surface area contributed by atoms with Crippen LogP contribution in [0.1, 0.15) is 24.2 Å². The van der Waals surface area contributed by atoms with Gasteiger partial charge in [-0.05, 0) is 62.4 Å². The van der Waals surface area contributed by atoms with Gasteiger partial charge in [-0.1, -0.05) is 12.1 Å². The minimum absolute atomic E-state index is 0.216. The van der Waals surface area contributed by atoms with Gasteiger partial charge in [-0.3, -0.25) is 9.59 Å². The molecule has 0 aliphatic rings. The molecule has 2 aromatic carbocycles. The van der Waals surface area contributed by atoms with Gasteiger partial charge in [-0.25, -0.2) is 4.79 Å². The Morgan fingerprint density at radius 1 is 1.00 bits per heavy atom. The van der Waals surface area contributed by atoms with Crippen molar-refractivity contribution in [2.24, 2.45) is 0 Å². The van der Waals surface area contributed by atoms with Crippen molar-refractivity contribution in [3.63, 3.8) is 0 Å². The Morgan fingerprint density at radius 3 is 2.30 bits per heavy atom. The zero-order chi connectivity index (χ0) is 19.6. The Bertz CT molecular complexity index is 844. The van der Waals surface area contributed by atoms with Crippen molar-refractivity contribution in [3.8, 4) is 5.75 Å². The molecule has 2 aromatic rings. The Hall–Kier alpha value is -3.61. The van der Waals surface area contributed by atoms with Crippen LogP contribution in [0.15, 0.2) is 60.7 Å². The summed E-state index contributed by atoms with van der Waals surface area (Å²) >= 11 is 0. The Morgan fingerprint density at radius 2 is 1.67 bits per heavy atom. The number of hydrogen-bond acceptors (Lipinski definition) is 5.